The normalized spacial score (nSPS) is 10.5. The van der Waals surface area contributed by atoms with Gasteiger partial charge in [-0.25, -0.2) is 0 Å². The molecule has 4 heteroatoms. The van der Waals surface area contributed by atoms with E-state index in [1.807, 2.05) is 26.2 Å². The van der Waals surface area contributed by atoms with Gasteiger partial charge in [0.05, 0.1) is 18.2 Å². The van der Waals surface area contributed by atoms with Crippen LogP contribution in [0.25, 0.3) is 0 Å². The molecule has 13 heavy (non-hydrogen) atoms. The minimum Gasteiger partial charge on any atom is -0.463 e. The fraction of sp³-hybridized carbons (Fsp3) is 0.556. The van der Waals surface area contributed by atoms with Gasteiger partial charge in [-0.2, -0.15) is 4.37 Å². The van der Waals surface area contributed by atoms with Crippen LogP contribution in [-0.4, -0.2) is 16.4 Å². The number of esters is 1. The van der Waals surface area contributed by atoms with Crippen molar-refractivity contribution in [1.29, 1.82) is 0 Å². The van der Waals surface area contributed by atoms with Crippen LogP contribution in [0.2, 0.25) is 0 Å². The van der Waals surface area contributed by atoms with Crippen molar-refractivity contribution in [2.24, 2.45) is 0 Å². The molecule has 1 aromatic rings. The number of hydrogen-bond acceptors (Lipinski definition) is 4. The molecule has 0 aromatic carbocycles. The van der Waals surface area contributed by atoms with Gasteiger partial charge in [-0.05, 0) is 37.9 Å². The van der Waals surface area contributed by atoms with Gasteiger partial charge in [0.25, 0.3) is 0 Å². The molecule has 0 saturated carbocycles. The summed E-state index contributed by atoms with van der Waals surface area (Å²) in [5.74, 6) is -0.182. The molecule has 0 bridgehead atoms. The van der Waals surface area contributed by atoms with E-state index in [-0.39, 0.29) is 12.1 Å². The number of aryl methyl sites for hydroxylation is 1. The quantitative estimate of drug-likeness (QED) is 0.698. The van der Waals surface area contributed by atoms with E-state index in [2.05, 4.69) is 4.37 Å². The molecule has 1 heterocycles. The molecule has 0 aliphatic carbocycles. The van der Waals surface area contributed by atoms with E-state index < -0.39 is 0 Å². The minimum atomic E-state index is -0.182. The van der Waals surface area contributed by atoms with Crippen LogP contribution in [0.4, 0.5) is 0 Å². The second-order valence-electron chi connectivity index (χ2n) is 3.14. The standard InChI is InChI=1S/C9H13NO2S/c1-6(2)12-9(11)4-8-5-13-10-7(8)3/h5-6H,4H2,1-3H3. The Kier molecular flexibility index (Phi) is 3.42. The molecular weight excluding hydrogens is 186 g/mol. The molecule has 1 aromatic heterocycles. The van der Waals surface area contributed by atoms with Crippen molar-refractivity contribution in [2.75, 3.05) is 0 Å². The SMILES string of the molecule is Cc1nscc1CC(=O)OC(C)C. The van der Waals surface area contributed by atoms with Gasteiger partial charge in [0, 0.05) is 5.38 Å². The number of carbonyl (C=O) groups excluding carboxylic acids is 1. The van der Waals surface area contributed by atoms with Crippen molar-refractivity contribution in [1.82, 2.24) is 4.37 Å². The van der Waals surface area contributed by atoms with Crippen LogP contribution in [0.1, 0.15) is 25.1 Å². The highest BCUT2D eigenvalue weighted by Gasteiger charge is 2.09. The number of nitrogens with zero attached hydrogens (tertiary/aromatic N) is 1. The predicted octanol–water partition coefficient (Wildman–Crippen LogP) is 1.95. The zero-order valence-corrected chi connectivity index (χ0v) is 8.85. The minimum absolute atomic E-state index is 0.0422. The lowest BCUT2D eigenvalue weighted by atomic mass is 10.2. The van der Waals surface area contributed by atoms with Crippen molar-refractivity contribution in [3.63, 3.8) is 0 Å². The third kappa shape index (κ3) is 3.14. The molecule has 0 saturated heterocycles. The summed E-state index contributed by atoms with van der Waals surface area (Å²) < 4.78 is 9.10. The Morgan fingerprint density at radius 3 is 2.85 bits per heavy atom. The largest absolute Gasteiger partial charge is 0.463 e. The van der Waals surface area contributed by atoms with Crippen LogP contribution in [-0.2, 0) is 16.0 Å². The summed E-state index contributed by atoms with van der Waals surface area (Å²) in [5.41, 5.74) is 1.89. The first-order valence-electron chi connectivity index (χ1n) is 4.19. The van der Waals surface area contributed by atoms with E-state index in [9.17, 15) is 4.79 Å². The zero-order chi connectivity index (χ0) is 9.84. The molecule has 0 aliphatic heterocycles. The van der Waals surface area contributed by atoms with Gasteiger partial charge < -0.3 is 4.74 Å². The highest BCUT2D eigenvalue weighted by molar-refractivity contribution is 7.03. The predicted molar refractivity (Wildman–Crippen MR) is 51.8 cm³/mol. The third-order valence-electron chi connectivity index (χ3n) is 1.55. The van der Waals surface area contributed by atoms with Gasteiger partial charge in [-0.1, -0.05) is 0 Å². The number of aromatic nitrogens is 1. The van der Waals surface area contributed by atoms with Gasteiger partial charge in [0.15, 0.2) is 0 Å². The van der Waals surface area contributed by atoms with E-state index in [4.69, 9.17) is 4.74 Å². The Bertz CT molecular complexity index is 294. The smallest absolute Gasteiger partial charge is 0.310 e. The molecule has 0 unspecified atom stereocenters. The van der Waals surface area contributed by atoms with Crippen LogP contribution in [0.3, 0.4) is 0 Å². The molecule has 0 radical (unpaired) electrons. The molecular formula is C9H13NO2S. The van der Waals surface area contributed by atoms with Crippen molar-refractivity contribution in [3.8, 4) is 0 Å². The maximum atomic E-state index is 11.2. The molecule has 0 fully saturated rings. The summed E-state index contributed by atoms with van der Waals surface area (Å²) in [4.78, 5) is 11.2. The van der Waals surface area contributed by atoms with Crippen LogP contribution in [0.5, 0.6) is 0 Å². The fourth-order valence-electron chi connectivity index (χ4n) is 0.943. The molecule has 1 rings (SSSR count). The second-order valence-corrected chi connectivity index (χ2v) is 3.77. The van der Waals surface area contributed by atoms with Gasteiger partial charge in [-0.15, -0.1) is 0 Å². The summed E-state index contributed by atoms with van der Waals surface area (Å²) in [6.45, 7) is 5.59. The van der Waals surface area contributed by atoms with E-state index >= 15 is 0 Å². The fourth-order valence-corrected chi connectivity index (χ4v) is 1.65. The third-order valence-corrected chi connectivity index (χ3v) is 2.32. The van der Waals surface area contributed by atoms with Crippen LogP contribution < -0.4 is 0 Å². The number of carbonyl (C=O) groups is 1. The molecule has 72 valence electrons. The van der Waals surface area contributed by atoms with Crippen LogP contribution in [0.15, 0.2) is 5.38 Å². The molecule has 0 aliphatic rings. The van der Waals surface area contributed by atoms with Gasteiger partial charge >= 0.3 is 5.97 Å². The van der Waals surface area contributed by atoms with Crippen LogP contribution in [0, 0.1) is 6.92 Å². The Morgan fingerprint density at radius 1 is 1.69 bits per heavy atom. The zero-order valence-electron chi connectivity index (χ0n) is 8.03. The average Bonchev–Trinajstić information content (AvgIpc) is 2.34. The second kappa shape index (κ2) is 4.37. The number of ether oxygens (including phenoxy) is 1. The first kappa shape index (κ1) is 10.2. The van der Waals surface area contributed by atoms with E-state index in [1.165, 1.54) is 11.5 Å². The molecule has 0 atom stereocenters. The average molecular weight is 199 g/mol. The topological polar surface area (TPSA) is 39.2 Å². The van der Waals surface area contributed by atoms with Gasteiger partial charge in [0.1, 0.15) is 0 Å². The number of hydrogen-bond donors (Lipinski definition) is 0. The van der Waals surface area contributed by atoms with Crippen LogP contribution >= 0.6 is 11.5 Å². The monoisotopic (exact) mass is 199 g/mol. The number of rotatable bonds is 3. The summed E-state index contributed by atoms with van der Waals surface area (Å²) >= 11 is 1.37. The highest BCUT2D eigenvalue weighted by atomic mass is 32.1. The molecule has 0 N–H and O–H groups in total. The Hall–Kier alpha value is -0.900. The summed E-state index contributed by atoms with van der Waals surface area (Å²) in [6.07, 6.45) is 0.292. The lowest BCUT2D eigenvalue weighted by Crippen LogP contribution is -2.13. The van der Waals surface area contributed by atoms with Gasteiger partial charge in [0.2, 0.25) is 0 Å². The lowest BCUT2D eigenvalue weighted by Gasteiger charge is -2.06. The van der Waals surface area contributed by atoms with Crippen molar-refractivity contribution in [2.45, 2.75) is 33.3 Å². The van der Waals surface area contributed by atoms with Gasteiger partial charge in [-0.3, -0.25) is 4.79 Å². The van der Waals surface area contributed by atoms with E-state index in [1.54, 1.807) is 0 Å². The van der Waals surface area contributed by atoms with Crippen molar-refractivity contribution in [3.05, 3.63) is 16.6 Å². The van der Waals surface area contributed by atoms with E-state index in [0.29, 0.717) is 6.42 Å². The summed E-state index contributed by atoms with van der Waals surface area (Å²) in [5, 5.41) is 1.89. The first-order valence-corrected chi connectivity index (χ1v) is 5.02. The highest BCUT2D eigenvalue weighted by Crippen LogP contribution is 2.10. The van der Waals surface area contributed by atoms with E-state index in [0.717, 1.165) is 11.3 Å². The Morgan fingerprint density at radius 2 is 2.38 bits per heavy atom. The molecule has 3 nitrogen and oxygen atoms in total. The lowest BCUT2D eigenvalue weighted by molar-refractivity contribution is -0.146. The molecule has 0 amide bonds. The van der Waals surface area contributed by atoms with Crippen molar-refractivity contribution >= 4 is 17.5 Å². The Balaban J connectivity index is 2.50. The van der Waals surface area contributed by atoms with Crippen molar-refractivity contribution < 1.29 is 9.53 Å². The maximum absolute atomic E-state index is 11.2. The summed E-state index contributed by atoms with van der Waals surface area (Å²) in [6, 6.07) is 0. The Labute approximate surface area is 81.9 Å². The first-order chi connectivity index (χ1) is 6.09. The summed E-state index contributed by atoms with van der Waals surface area (Å²) in [7, 11) is 0. The molecule has 0 spiro atoms. The maximum Gasteiger partial charge on any atom is 0.310 e.